The lowest BCUT2D eigenvalue weighted by Gasteiger charge is -2.14. The van der Waals surface area contributed by atoms with E-state index in [-0.39, 0.29) is 28.7 Å². The van der Waals surface area contributed by atoms with E-state index in [9.17, 15) is 31.2 Å². The van der Waals surface area contributed by atoms with E-state index >= 15 is 0 Å². The summed E-state index contributed by atoms with van der Waals surface area (Å²) in [4.78, 5) is 28.0. The number of benzene rings is 2. The second kappa shape index (κ2) is 8.45. The summed E-state index contributed by atoms with van der Waals surface area (Å²) >= 11 is 0. The van der Waals surface area contributed by atoms with Crippen LogP contribution in [0.4, 0.5) is 24.5 Å². The Morgan fingerprint density at radius 2 is 1.91 bits per heavy atom. The number of hydrogen-bond donors (Lipinski definition) is 2. The van der Waals surface area contributed by atoms with Crippen LogP contribution in [0.15, 0.2) is 59.6 Å². The smallest absolute Gasteiger partial charge is 0.417 e. The minimum absolute atomic E-state index is 0.0523. The number of hydrogen-bond acceptors (Lipinski definition) is 6. The Morgan fingerprint density at radius 1 is 1.15 bits per heavy atom. The van der Waals surface area contributed by atoms with Gasteiger partial charge in [0.05, 0.1) is 16.9 Å². The molecule has 0 saturated heterocycles. The summed E-state index contributed by atoms with van der Waals surface area (Å²) < 4.78 is 68.9. The molecule has 4 rings (SSSR count). The maximum atomic E-state index is 13.3. The van der Waals surface area contributed by atoms with E-state index in [1.54, 1.807) is 6.07 Å². The number of nitrogens with zero attached hydrogens (tertiary/aromatic N) is 1. The summed E-state index contributed by atoms with van der Waals surface area (Å²) in [6.45, 7) is 0. The Bertz CT molecular complexity index is 1420. The highest BCUT2D eigenvalue weighted by molar-refractivity contribution is 7.90. The van der Waals surface area contributed by atoms with Gasteiger partial charge >= 0.3 is 6.18 Å². The zero-order valence-electron chi connectivity index (χ0n) is 17.4. The molecule has 2 amide bonds. The van der Waals surface area contributed by atoms with Crippen LogP contribution in [0.25, 0.3) is 0 Å². The molecule has 176 valence electrons. The third kappa shape index (κ3) is 5.01. The first kappa shape index (κ1) is 23.2. The molecular weight excluding hydrogens is 475 g/mol. The molecule has 2 N–H and O–H groups in total. The number of rotatable bonds is 5. The molecule has 0 saturated carbocycles. The third-order valence-electron chi connectivity index (χ3n) is 4.86. The highest BCUT2D eigenvalue weighted by atomic mass is 32.2. The molecule has 2 aromatic carbocycles. The fourth-order valence-corrected chi connectivity index (χ4v) is 3.89. The van der Waals surface area contributed by atoms with Crippen molar-refractivity contribution in [1.82, 2.24) is 4.98 Å². The maximum Gasteiger partial charge on any atom is 0.417 e. The van der Waals surface area contributed by atoms with Gasteiger partial charge in [0.15, 0.2) is 9.84 Å². The van der Waals surface area contributed by atoms with E-state index in [0.29, 0.717) is 18.0 Å². The zero-order chi connectivity index (χ0) is 24.7. The Kier molecular flexibility index (Phi) is 5.77. The number of sulfone groups is 1. The zero-order valence-corrected chi connectivity index (χ0v) is 18.3. The molecule has 1 aliphatic heterocycles. The van der Waals surface area contributed by atoms with Gasteiger partial charge in [0.25, 0.3) is 5.91 Å². The van der Waals surface area contributed by atoms with Gasteiger partial charge in [-0.1, -0.05) is 12.1 Å². The first-order valence-electron chi connectivity index (χ1n) is 9.69. The van der Waals surface area contributed by atoms with Gasteiger partial charge in [-0.3, -0.25) is 9.59 Å². The number of pyridine rings is 1. The summed E-state index contributed by atoms with van der Waals surface area (Å²) in [6.07, 6.45) is -3.07. The summed E-state index contributed by atoms with van der Waals surface area (Å²) in [5.41, 5.74) is -0.434. The molecule has 1 aromatic heterocycles. The van der Waals surface area contributed by atoms with Gasteiger partial charge in [-0.05, 0) is 35.9 Å². The summed E-state index contributed by atoms with van der Waals surface area (Å²) in [7, 11) is -3.58. The van der Waals surface area contributed by atoms with E-state index in [0.717, 1.165) is 11.8 Å². The van der Waals surface area contributed by atoms with Gasteiger partial charge in [-0.2, -0.15) is 13.2 Å². The lowest BCUT2D eigenvalue weighted by atomic mass is 10.1. The lowest BCUT2D eigenvalue weighted by molar-refractivity contribution is -0.137. The SMILES string of the molecule is CS(=O)(=O)c1cccc(NC(=O)c2cc(C(F)(F)F)cnc2Oc2ccc3c(c2)NC(=O)C3)c1. The van der Waals surface area contributed by atoms with Crippen LogP contribution in [0, 0.1) is 0 Å². The minimum Gasteiger partial charge on any atom is -0.438 e. The van der Waals surface area contributed by atoms with Gasteiger partial charge in [0.2, 0.25) is 11.8 Å². The molecule has 8 nitrogen and oxygen atoms in total. The monoisotopic (exact) mass is 491 g/mol. The van der Waals surface area contributed by atoms with Crippen LogP contribution in [0.1, 0.15) is 21.5 Å². The minimum atomic E-state index is -4.77. The first-order chi connectivity index (χ1) is 15.9. The number of fused-ring (bicyclic) bond motifs is 1. The molecule has 0 fully saturated rings. The topological polar surface area (TPSA) is 114 Å². The molecule has 0 spiro atoms. The second-order valence-electron chi connectivity index (χ2n) is 7.47. The number of anilines is 2. The average Bonchev–Trinajstić information content (AvgIpc) is 3.12. The number of alkyl halides is 3. The second-order valence-corrected chi connectivity index (χ2v) is 9.49. The number of carbonyl (C=O) groups excluding carboxylic acids is 2. The molecule has 0 unspecified atom stereocenters. The molecule has 12 heteroatoms. The number of aromatic nitrogens is 1. The van der Waals surface area contributed by atoms with Gasteiger partial charge in [0.1, 0.15) is 11.3 Å². The van der Waals surface area contributed by atoms with E-state index < -0.39 is 38.9 Å². The van der Waals surface area contributed by atoms with Gasteiger partial charge in [-0.15, -0.1) is 0 Å². The summed E-state index contributed by atoms with van der Waals surface area (Å²) in [5, 5.41) is 5.00. The van der Waals surface area contributed by atoms with Gasteiger partial charge in [0, 0.05) is 29.9 Å². The van der Waals surface area contributed by atoms with Crippen molar-refractivity contribution < 1.29 is 35.9 Å². The molecule has 0 bridgehead atoms. The Labute approximate surface area is 191 Å². The Morgan fingerprint density at radius 3 is 2.62 bits per heavy atom. The van der Waals surface area contributed by atoms with Crippen molar-refractivity contribution in [3.05, 3.63) is 71.4 Å². The predicted octanol–water partition coefficient (Wildman–Crippen LogP) is 4.04. The molecule has 0 aliphatic carbocycles. The van der Waals surface area contributed by atoms with E-state index in [1.807, 2.05) is 0 Å². The third-order valence-corrected chi connectivity index (χ3v) is 5.97. The van der Waals surface area contributed by atoms with Crippen LogP contribution in [-0.2, 0) is 27.2 Å². The van der Waals surface area contributed by atoms with Crippen LogP contribution >= 0.6 is 0 Å². The highest BCUT2D eigenvalue weighted by Crippen LogP contribution is 2.34. The molecule has 1 aliphatic rings. The molecule has 3 aromatic rings. The van der Waals surface area contributed by atoms with Crippen molar-refractivity contribution in [2.24, 2.45) is 0 Å². The van der Waals surface area contributed by atoms with E-state index in [1.165, 1.54) is 36.4 Å². The number of nitrogens with one attached hydrogen (secondary N) is 2. The quantitative estimate of drug-likeness (QED) is 0.557. The van der Waals surface area contributed by atoms with Crippen LogP contribution < -0.4 is 15.4 Å². The lowest BCUT2D eigenvalue weighted by Crippen LogP contribution is -2.16. The van der Waals surface area contributed by atoms with Crippen LogP contribution in [-0.4, -0.2) is 31.5 Å². The van der Waals surface area contributed by atoms with Crippen LogP contribution in [0.5, 0.6) is 11.6 Å². The van der Waals surface area contributed by atoms with Crippen LogP contribution in [0.2, 0.25) is 0 Å². The molecule has 0 radical (unpaired) electrons. The predicted molar refractivity (Wildman–Crippen MR) is 116 cm³/mol. The maximum absolute atomic E-state index is 13.3. The summed E-state index contributed by atoms with van der Waals surface area (Å²) in [6, 6.07) is 10.4. The van der Waals surface area contributed by atoms with E-state index in [4.69, 9.17) is 4.74 Å². The largest absolute Gasteiger partial charge is 0.438 e. The van der Waals surface area contributed by atoms with Crippen molar-refractivity contribution >= 4 is 33.0 Å². The van der Waals surface area contributed by atoms with Crippen molar-refractivity contribution in [3.63, 3.8) is 0 Å². The van der Waals surface area contributed by atoms with Crippen LogP contribution in [0.3, 0.4) is 0 Å². The van der Waals surface area contributed by atoms with Crippen molar-refractivity contribution in [1.29, 1.82) is 0 Å². The van der Waals surface area contributed by atoms with E-state index in [2.05, 4.69) is 15.6 Å². The number of halogens is 3. The van der Waals surface area contributed by atoms with Crippen molar-refractivity contribution in [3.8, 4) is 11.6 Å². The normalized spacial score (nSPS) is 13.2. The fourth-order valence-electron chi connectivity index (χ4n) is 3.22. The summed E-state index contributed by atoms with van der Waals surface area (Å²) in [5.74, 6) is -1.47. The fraction of sp³-hybridized carbons (Fsp3) is 0.136. The van der Waals surface area contributed by atoms with Gasteiger partial charge in [-0.25, -0.2) is 13.4 Å². The van der Waals surface area contributed by atoms with Gasteiger partial charge < -0.3 is 15.4 Å². The first-order valence-corrected chi connectivity index (χ1v) is 11.6. The molecule has 2 heterocycles. The molecule has 34 heavy (non-hydrogen) atoms. The average molecular weight is 491 g/mol. The van der Waals surface area contributed by atoms with Crippen molar-refractivity contribution in [2.75, 3.05) is 16.9 Å². The molecule has 0 atom stereocenters. The number of ether oxygens (including phenoxy) is 1. The Hall–Kier alpha value is -3.93. The van der Waals surface area contributed by atoms with Crippen molar-refractivity contribution in [2.45, 2.75) is 17.5 Å². The standard InChI is InChI=1S/C22H16F3N3O5S/c1-34(31,32)16-4-2-3-14(9-16)27-20(30)17-8-13(22(23,24)25)11-26-21(17)33-15-6-5-12-7-19(29)28-18(12)10-15/h2-6,8-11H,7H2,1H3,(H,27,30)(H,28,29). The highest BCUT2D eigenvalue weighted by Gasteiger charge is 2.33. The number of amides is 2. The molecular formula is C22H16F3N3O5S. The Balaban J connectivity index is 1.68. The number of carbonyl (C=O) groups is 2.